The summed E-state index contributed by atoms with van der Waals surface area (Å²) in [6, 6.07) is 0.285. The Morgan fingerprint density at radius 3 is 2.94 bits per heavy atom. The Labute approximate surface area is 108 Å². The van der Waals surface area contributed by atoms with Crippen LogP contribution in [0.15, 0.2) is 0 Å². The summed E-state index contributed by atoms with van der Waals surface area (Å²) in [7, 11) is 0. The minimum Gasteiger partial charge on any atom is -0.341 e. The Balaban J connectivity index is 2.00. The Hall–Kier alpha value is -0.220. The largest absolute Gasteiger partial charge is 0.341 e. The summed E-state index contributed by atoms with van der Waals surface area (Å²) in [4.78, 5) is 14.6. The number of rotatable bonds is 2. The number of hydrogen-bond donors (Lipinski definition) is 1. The first-order valence-electron chi connectivity index (χ1n) is 6.76. The first kappa shape index (κ1) is 13.2. The van der Waals surface area contributed by atoms with Crippen molar-refractivity contribution in [1.82, 2.24) is 4.90 Å². The molecule has 2 N–H and O–H groups in total. The number of piperidine rings is 1. The molecule has 3 unspecified atom stereocenters. The average molecular weight is 256 g/mol. The predicted octanol–water partition coefficient (Wildman–Crippen LogP) is 1.86. The smallest absolute Gasteiger partial charge is 0.238 e. The first-order valence-corrected chi connectivity index (χ1v) is 7.74. The molecule has 0 radical (unpaired) electrons. The highest BCUT2D eigenvalue weighted by Gasteiger charge is 2.41. The lowest BCUT2D eigenvalue weighted by Gasteiger charge is -2.39. The summed E-state index contributed by atoms with van der Waals surface area (Å²) in [5, 5.41) is 0. The van der Waals surface area contributed by atoms with E-state index in [1.807, 2.05) is 11.8 Å². The maximum absolute atomic E-state index is 12.6. The zero-order valence-electron chi connectivity index (χ0n) is 10.9. The molecule has 2 heterocycles. The van der Waals surface area contributed by atoms with E-state index in [1.165, 1.54) is 6.42 Å². The minimum atomic E-state index is -0.153. The van der Waals surface area contributed by atoms with Crippen molar-refractivity contribution in [2.45, 2.75) is 50.3 Å². The van der Waals surface area contributed by atoms with E-state index in [-0.39, 0.29) is 10.8 Å². The number of amides is 1. The van der Waals surface area contributed by atoms with Gasteiger partial charge in [-0.15, -0.1) is 11.8 Å². The molecule has 0 aromatic rings. The molecule has 2 aliphatic rings. The fourth-order valence-corrected chi connectivity index (χ4v) is 4.23. The van der Waals surface area contributed by atoms with Crippen LogP contribution in [0, 0.1) is 5.92 Å². The van der Waals surface area contributed by atoms with Crippen LogP contribution >= 0.6 is 11.8 Å². The minimum absolute atomic E-state index is 0.153. The van der Waals surface area contributed by atoms with E-state index in [2.05, 4.69) is 18.7 Å². The zero-order chi connectivity index (χ0) is 12.5. The van der Waals surface area contributed by atoms with Gasteiger partial charge in [0.2, 0.25) is 5.91 Å². The van der Waals surface area contributed by atoms with E-state index in [9.17, 15) is 4.79 Å². The summed E-state index contributed by atoms with van der Waals surface area (Å²) in [5.41, 5.74) is 6.10. The van der Waals surface area contributed by atoms with Crippen molar-refractivity contribution in [3.05, 3.63) is 0 Å². The Kier molecular flexibility index (Phi) is 4.03. The van der Waals surface area contributed by atoms with Gasteiger partial charge in [-0.3, -0.25) is 4.79 Å². The molecule has 3 atom stereocenters. The maximum atomic E-state index is 12.6. The molecule has 0 aromatic carbocycles. The highest BCUT2D eigenvalue weighted by molar-refractivity contribution is 8.01. The molecule has 4 heteroatoms. The fourth-order valence-electron chi connectivity index (χ4n) is 2.95. The molecule has 17 heavy (non-hydrogen) atoms. The summed E-state index contributed by atoms with van der Waals surface area (Å²) in [5.74, 6) is 1.97. The number of likely N-dealkylation sites (tertiary alicyclic amines) is 1. The van der Waals surface area contributed by atoms with Crippen molar-refractivity contribution in [2.75, 3.05) is 18.8 Å². The predicted molar refractivity (Wildman–Crippen MR) is 73.1 cm³/mol. The second-order valence-electron chi connectivity index (χ2n) is 5.55. The summed E-state index contributed by atoms with van der Waals surface area (Å²) >= 11 is 1.83. The molecule has 98 valence electrons. The highest BCUT2D eigenvalue weighted by atomic mass is 32.2. The second kappa shape index (κ2) is 5.19. The quantitative estimate of drug-likeness (QED) is 0.820. The van der Waals surface area contributed by atoms with Gasteiger partial charge in [0.25, 0.3) is 0 Å². The van der Waals surface area contributed by atoms with E-state index in [0.717, 1.165) is 38.1 Å². The molecule has 0 saturated carbocycles. The lowest BCUT2D eigenvalue weighted by molar-refractivity contribution is -0.135. The van der Waals surface area contributed by atoms with Gasteiger partial charge in [-0.05, 0) is 37.9 Å². The van der Waals surface area contributed by atoms with Crippen LogP contribution in [-0.2, 0) is 4.79 Å². The molecule has 3 nitrogen and oxygen atoms in total. The van der Waals surface area contributed by atoms with Crippen molar-refractivity contribution >= 4 is 17.7 Å². The Morgan fingerprint density at radius 2 is 2.35 bits per heavy atom. The molecule has 0 aliphatic carbocycles. The molecular weight excluding hydrogens is 232 g/mol. The standard InChI is InChI=1S/C13H24N2OS/c1-3-10-9-15(7-5-11(10)14)12(16)13(2)6-4-8-17-13/h10-11H,3-9,14H2,1-2H3. The number of nitrogens with zero attached hydrogens (tertiary/aromatic N) is 1. The van der Waals surface area contributed by atoms with Crippen LogP contribution in [0.2, 0.25) is 0 Å². The van der Waals surface area contributed by atoms with Crippen molar-refractivity contribution in [3.63, 3.8) is 0 Å². The SMILES string of the molecule is CCC1CN(C(=O)C2(C)CCCS2)CCC1N. The third kappa shape index (κ3) is 2.63. The topological polar surface area (TPSA) is 46.3 Å². The van der Waals surface area contributed by atoms with Crippen LogP contribution in [0.25, 0.3) is 0 Å². The number of hydrogen-bond acceptors (Lipinski definition) is 3. The molecule has 2 fully saturated rings. The van der Waals surface area contributed by atoms with E-state index < -0.39 is 0 Å². The van der Waals surface area contributed by atoms with Gasteiger partial charge in [-0.25, -0.2) is 0 Å². The van der Waals surface area contributed by atoms with Crippen molar-refractivity contribution < 1.29 is 4.79 Å². The fraction of sp³-hybridized carbons (Fsp3) is 0.923. The van der Waals surface area contributed by atoms with Gasteiger partial charge >= 0.3 is 0 Å². The monoisotopic (exact) mass is 256 g/mol. The average Bonchev–Trinajstić information content (AvgIpc) is 2.77. The van der Waals surface area contributed by atoms with Crippen LogP contribution in [0.3, 0.4) is 0 Å². The van der Waals surface area contributed by atoms with Crippen LogP contribution in [0.4, 0.5) is 0 Å². The lowest BCUT2D eigenvalue weighted by atomic mass is 9.89. The van der Waals surface area contributed by atoms with Gasteiger partial charge in [0.05, 0.1) is 4.75 Å². The van der Waals surface area contributed by atoms with E-state index in [0.29, 0.717) is 11.8 Å². The van der Waals surface area contributed by atoms with Crippen molar-refractivity contribution in [3.8, 4) is 0 Å². The first-order chi connectivity index (χ1) is 8.07. The molecule has 1 amide bonds. The van der Waals surface area contributed by atoms with Gasteiger partial charge in [0.1, 0.15) is 0 Å². The van der Waals surface area contributed by atoms with Gasteiger partial charge in [-0.2, -0.15) is 0 Å². The number of carbonyl (C=O) groups excluding carboxylic acids is 1. The molecule has 0 aromatic heterocycles. The van der Waals surface area contributed by atoms with E-state index in [4.69, 9.17) is 5.73 Å². The number of nitrogens with two attached hydrogens (primary N) is 1. The van der Waals surface area contributed by atoms with Crippen LogP contribution in [0.5, 0.6) is 0 Å². The molecule has 2 aliphatic heterocycles. The van der Waals surface area contributed by atoms with Gasteiger partial charge in [0.15, 0.2) is 0 Å². The molecule has 0 bridgehead atoms. The Morgan fingerprint density at radius 1 is 1.59 bits per heavy atom. The van der Waals surface area contributed by atoms with Crippen LogP contribution < -0.4 is 5.73 Å². The third-order valence-electron chi connectivity index (χ3n) is 4.28. The molecule has 2 saturated heterocycles. The van der Waals surface area contributed by atoms with Crippen molar-refractivity contribution in [2.24, 2.45) is 11.7 Å². The van der Waals surface area contributed by atoms with E-state index in [1.54, 1.807) is 0 Å². The van der Waals surface area contributed by atoms with Gasteiger partial charge in [-0.1, -0.05) is 13.3 Å². The molecule has 0 spiro atoms. The second-order valence-corrected chi connectivity index (χ2v) is 7.15. The number of carbonyl (C=O) groups is 1. The van der Waals surface area contributed by atoms with E-state index >= 15 is 0 Å². The summed E-state index contributed by atoms with van der Waals surface area (Å²) in [6.07, 6.45) is 4.26. The summed E-state index contributed by atoms with van der Waals surface area (Å²) in [6.45, 7) is 6.01. The van der Waals surface area contributed by atoms with Crippen LogP contribution in [0.1, 0.15) is 39.5 Å². The highest BCUT2D eigenvalue weighted by Crippen LogP contribution is 2.39. The van der Waals surface area contributed by atoms with Crippen LogP contribution in [-0.4, -0.2) is 40.4 Å². The number of thioether (sulfide) groups is 1. The van der Waals surface area contributed by atoms with Gasteiger partial charge < -0.3 is 10.6 Å². The lowest BCUT2D eigenvalue weighted by Crippen LogP contribution is -2.53. The zero-order valence-corrected chi connectivity index (χ0v) is 11.8. The summed E-state index contributed by atoms with van der Waals surface area (Å²) < 4.78 is -0.153. The normalized spacial score (nSPS) is 38.4. The maximum Gasteiger partial charge on any atom is 0.238 e. The van der Waals surface area contributed by atoms with Gasteiger partial charge in [0, 0.05) is 19.1 Å². The third-order valence-corrected chi connectivity index (χ3v) is 5.78. The molecule has 2 rings (SSSR count). The Bertz CT molecular complexity index is 289. The molecular formula is C13H24N2OS. The van der Waals surface area contributed by atoms with Crippen molar-refractivity contribution in [1.29, 1.82) is 0 Å².